The minimum Gasteiger partial charge on any atom is -0.393 e. The summed E-state index contributed by atoms with van der Waals surface area (Å²) < 4.78 is 0. The molecule has 1 aliphatic rings. The normalized spacial score (nSPS) is 17.8. The van der Waals surface area contributed by atoms with Crippen LogP contribution in [0.3, 0.4) is 0 Å². The van der Waals surface area contributed by atoms with E-state index >= 15 is 0 Å². The van der Waals surface area contributed by atoms with Gasteiger partial charge >= 0.3 is 0 Å². The predicted molar refractivity (Wildman–Crippen MR) is 66.0 cm³/mol. The lowest BCUT2D eigenvalue weighted by molar-refractivity contribution is 0.145. The van der Waals surface area contributed by atoms with E-state index in [1.54, 1.807) is 11.8 Å². The molecule has 0 saturated carbocycles. The summed E-state index contributed by atoms with van der Waals surface area (Å²) in [6, 6.07) is 2.01. The highest BCUT2D eigenvalue weighted by atomic mass is 32.2. The van der Waals surface area contributed by atoms with Crippen molar-refractivity contribution in [2.75, 3.05) is 24.2 Å². The molecule has 1 aromatic heterocycles. The maximum absolute atomic E-state index is 9.47. The van der Waals surface area contributed by atoms with E-state index in [9.17, 15) is 5.11 Å². The van der Waals surface area contributed by atoms with Crippen LogP contribution in [0.4, 0.5) is 5.82 Å². The van der Waals surface area contributed by atoms with Crippen molar-refractivity contribution in [1.29, 1.82) is 0 Å². The molecule has 0 spiro atoms. The summed E-state index contributed by atoms with van der Waals surface area (Å²) in [5.41, 5.74) is 1.00. The van der Waals surface area contributed by atoms with Crippen LogP contribution < -0.4 is 4.90 Å². The number of hydrogen-bond acceptors (Lipinski definition) is 5. The third-order valence-corrected chi connectivity index (χ3v) is 3.34. The number of aliphatic hydroxyl groups excluding tert-OH is 1. The SMILES string of the molecule is CSc1nc(C)cc(N2CCC(O)CC2)n1. The maximum Gasteiger partial charge on any atom is 0.189 e. The predicted octanol–water partition coefficient (Wildman–Crippen LogP) is 1.47. The Bertz CT molecular complexity index is 364. The molecule has 0 aliphatic carbocycles. The van der Waals surface area contributed by atoms with Crippen molar-refractivity contribution in [3.05, 3.63) is 11.8 Å². The molecule has 88 valence electrons. The van der Waals surface area contributed by atoms with E-state index in [1.165, 1.54) is 0 Å². The van der Waals surface area contributed by atoms with Gasteiger partial charge in [-0.2, -0.15) is 0 Å². The number of nitrogens with zero attached hydrogens (tertiary/aromatic N) is 3. The fraction of sp³-hybridized carbons (Fsp3) is 0.636. The van der Waals surface area contributed by atoms with Gasteiger partial charge in [0.05, 0.1) is 6.10 Å². The van der Waals surface area contributed by atoms with Gasteiger partial charge in [0.2, 0.25) is 0 Å². The van der Waals surface area contributed by atoms with Crippen LogP contribution in [0.25, 0.3) is 0 Å². The summed E-state index contributed by atoms with van der Waals surface area (Å²) in [6.45, 7) is 3.75. The molecule has 5 heteroatoms. The highest BCUT2D eigenvalue weighted by molar-refractivity contribution is 7.98. The molecule has 2 heterocycles. The van der Waals surface area contributed by atoms with E-state index in [0.717, 1.165) is 42.6 Å². The number of rotatable bonds is 2. The Kier molecular flexibility index (Phi) is 3.66. The molecular formula is C11H17N3OS. The zero-order valence-electron chi connectivity index (χ0n) is 9.68. The smallest absolute Gasteiger partial charge is 0.189 e. The lowest BCUT2D eigenvalue weighted by atomic mass is 10.1. The molecule has 1 saturated heterocycles. The standard InChI is InChI=1S/C11H17N3OS/c1-8-7-10(13-11(12-8)16-2)14-5-3-9(15)4-6-14/h7,9,15H,3-6H2,1-2H3. The Hall–Kier alpha value is -0.810. The first-order valence-electron chi connectivity index (χ1n) is 5.51. The summed E-state index contributed by atoms with van der Waals surface area (Å²) in [6.07, 6.45) is 3.51. The van der Waals surface area contributed by atoms with Crippen LogP contribution in [0.15, 0.2) is 11.2 Å². The second-order valence-electron chi connectivity index (χ2n) is 4.07. The third-order valence-electron chi connectivity index (χ3n) is 2.79. The first-order valence-corrected chi connectivity index (χ1v) is 6.74. The molecule has 0 amide bonds. The van der Waals surface area contributed by atoms with Crippen LogP contribution in [0.1, 0.15) is 18.5 Å². The summed E-state index contributed by atoms with van der Waals surface area (Å²) in [7, 11) is 0. The van der Waals surface area contributed by atoms with Gasteiger partial charge in [0.1, 0.15) is 5.82 Å². The van der Waals surface area contributed by atoms with Crippen LogP contribution in [0.5, 0.6) is 0 Å². The molecule has 0 radical (unpaired) electrons. The molecule has 1 fully saturated rings. The topological polar surface area (TPSA) is 49.2 Å². The molecule has 0 atom stereocenters. The van der Waals surface area contributed by atoms with E-state index in [-0.39, 0.29) is 6.10 Å². The van der Waals surface area contributed by atoms with Crippen molar-refractivity contribution in [3.63, 3.8) is 0 Å². The fourth-order valence-corrected chi connectivity index (χ4v) is 2.29. The molecule has 1 aromatic rings. The average molecular weight is 239 g/mol. The van der Waals surface area contributed by atoms with Crippen LogP contribution in [-0.4, -0.2) is 40.5 Å². The Balaban J connectivity index is 2.16. The highest BCUT2D eigenvalue weighted by Crippen LogP contribution is 2.21. The molecule has 1 aliphatic heterocycles. The zero-order valence-corrected chi connectivity index (χ0v) is 10.5. The van der Waals surface area contributed by atoms with Crippen molar-refractivity contribution in [2.45, 2.75) is 31.0 Å². The van der Waals surface area contributed by atoms with Crippen molar-refractivity contribution in [3.8, 4) is 0 Å². The summed E-state index contributed by atoms with van der Waals surface area (Å²) in [4.78, 5) is 11.1. The molecule has 1 N–H and O–H groups in total. The van der Waals surface area contributed by atoms with E-state index < -0.39 is 0 Å². The van der Waals surface area contributed by atoms with Crippen LogP contribution in [-0.2, 0) is 0 Å². The van der Waals surface area contributed by atoms with E-state index in [0.29, 0.717) is 0 Å². The van der Waals surface area contributed by atoms with Gasteiger partial charge in [-0.25, -0.2) is 9.97 Å². The van der Waals surface area contributed by atoms with Gasteiger partial charge in [-0.15, -0.1) is 0 Å². The van der Waals surface area contributed by atoms with Crippen molar-refractivity contribution >= 4 is 17.6 Å². The summed E-state index contributed by atoms with van der Waals surface area (Å²) in [5, 5.41) is 10.3. The zero-order chi connectivity index (χ0) is 11.5. The number of aromatic nitrogens is 2. The average Bonchev–Trinajstić information content (AvgIpc) is 2.29. The highest BCUT2D eigenvalue weighted by Gasteiger charge is 2.18. The van der Waals surface area contributed by atoms with Crippen molar-refractivity contribution in [2.24, 2.45) is 0 Å². The number of aryl methyl sites for hydroxylation is 1. The quantitative estimate of drug-likeness (QED) is 0.625. The molecule has 0 aromatic carbocycles. The van der Waals surface area contributed by atoms with Crippen LogP contribution in [0, 0.1) is 6.92 Å². The number of anilines is 1. The summed E-state index contributed by atoms with van der Waals surface area (Å²) >= 11 is 1.56. The van der Waals surface area contributed by atoms with Crippen LogP contribution in [0.2, 0.25) is 0 Å². The first-order chi connectivity index (χ1) is 7.69. The molecule has 2 rings (SSSR count). The molecular weight excluding hydrogens is 222 g/mol. The van der Waals surface area contributed by atoms with E-state index in [2.05, 4.69) is 14.9 Å². The van der Waals surface area contributed by atoms with E-state index in [1.807, 2.05) is 19.2 Å². The molecule has 4 nitrogen and oxygen atoms in total. The van der Waals surface area contributed by atoms with Gasteiger partial charge in [-0.05, 0) is 26.0 Å². The minimum atomic E-state index is -0.140. The third kappa shape index (κ3) is 2.65. The lowest BCUT2D eigenvalue weighted by Gasteiger charge is -2.30. The maximum atomic E-state index is 9.47. The lowest BCUT2D eigenvalue weighted by Crippen LogP contribution is -2.36. The first kappa shape index (κ1) is 11.7. The van der Waals surface area contributed by atoms with E-state index in [4.69, 9.17) is 0 Å². The van der Waals surface area contributed by atoms with Gasteiger partial charge in [-0.1, -0.05) is 11.8 Å². The van der Waals surface area contributed by atoms with Crippen molar-refractivity contribution in [1.82, 2.24) is 9.97 Å². The Morgan fingerprint density at radius 1 is 1.38 bits per heavy atom. The van der Waals surface area contributed by atoms with Gasteiger partial charge in [0, 0.05) is 24.8 Å². The number of aliphatic hydroxyl groups is 1. The Morgan fingerprint density at radius 3 is 2.69 bits per heavy atom. The number of piperidine rings is 1. The molecule has 0 unspecified atom stereocenters. The second kappa shape index (κ2) is 5.01. The Labute approximate surface area is 100 Å². The van der Waals surface area contributed by atoms with Crippen LogP contribution >= 0.6 is 11.8 Å². The fourth-order valence-electron chi connectivity index (χ4n) is 1.87. The van der Waals surface area contributed by atoms with Gasteiger partial charge < -0.3 is 10.0 Å². The minimum absolute atomic E-state index is 0.140. The van der Waals surface area contributed by atoms with Gasteiger partial charge in [0.15, 0.2) is 5.16 Å². The monoisotopic (exact) mass is 239 g/mol. The molecule has 16 heavy (non-hydrogen) atoms. The number of thioether (sulfide) groups is 1. The second-order valence-corrected chi connectivity index (χ2v) is 4.85. The van der Waals surface area contributed by atoms with Crippen molar-refractivity contribution < 1.29 is 5.11 Å². The van der Waals surface area contributed by atoms with Gasteiger partial charge in [0.25, 0.3) is 0 Å². The number of hydrogen-bond donors (Lipinski definition) is 1. The molecule has 0 bridgehead atoms. The largest absolute Gasteiger partial charge is 0.393 e. The Morgan fingerprint density at radius 2 is 2.06 bits per heavy atom. The van der Waals surface area contributed by atoms with Gasteiger partial charge in [-0.3, -0.25) is 0 Å². The summed E-state index contributed by atoms with van der Waals surface area (Å²) in [5.74, 6) is 0.990.